The van der Waals surface area contributed by atoms with Gasteiger partial charge in [-0.1, -0.05) is 23.8 Å². The van der Waals surface area contributed by atoms with Gasteiger partial charge < -0.3 is 4.74 Å². The van der Waals surface area contributed by atoms with Crippen molar-refractivity contribution < 1.29 is 22.9 Å². The molecule has 0 aliphatic heterocycles. The number of ether oxygens (including phenoxy) is 1. The molecule has 0 N–H and O–H groups in total. The lowest BCUT2D eigenvalue weighted by Crippen LogP contribution is -2.37. The molecule has 0 heterocycles. The predicted octanol–water partition coefficient (Wildman–Crippen LogP) is 3.28. The zero-order valence-electron chi connectivity index (χ0n) is 16.1. The van der Waals surface area contributed by atoms with Crippen LogP contribution in [0.2, 0.25) is 0 Å². The average molecular weight is 406 g/mol. The van der Waals surface area contributed by atoms with Crippen molar-refractivity contribution in [3.63, 3.8) is 0 Å². The standard InChI is InChI=1S/C19H22N2O6S/c1-5-27-19(22)12-20(17-9-6-13(2)10-15(17)4)28(25,26)18-11-16(21(23)24)8-7-14(18)3/h6-11H,5,12H2,1-4H3. The number of sulfonamides is 1. The van der Waals surface area contributed by atoms with Crippen LogP contribution in [-0.4, -0.2) is 32.5 Å². The number of hydrogen-bond acceptors (Lipinski definition) is 6. The zero-order valence-corrected chi connectivity index (χ0v) is 16.9. The summed E-state index contributed by atoms with van der Waals surface area (Å²) in [7, 11) is -4.26. The fourth-order valence-electron chi connectivity index (χ4n) is 2.81. The van der Waals surface area contributed by atoms with Gasteiger partial charge >= 0.3 is 5.97 Å². The first-order valence-electron chi connectivity index (χ1n) is 8.58. The molecule has 150 valence electrons. The van der Waals surface area contributed by atoms with E-state index < -0.39 is 27.5 Å². The zero-order chi connectivity index (χ0) is 21.1. The molecule has 2 aromatic rings. The molecular formula is C19H22N2O6S. The Balaban J connectivity index is 2.66. The fourth-order valence-corrected chi connectivity index (χ4v) is 4.53. The van der Waals surface area contributed by atoms with Crippen LogP contribution in [0.3, 0.4) is 0 Å². The Labute approximate surface area is 163 Å². The maximum absolute atomic E-state index is 13.4. The first-order chi connectivity index (χ1) is 13.1. The Morgan fingerprint density at radius 3 is 2.36 bits per heavy atom. The minimum Gasteiger partial charge on any atom is -0.465 e. The molecule has 0 aromatic heterocycles. The van der Waals surface area contributed by atoms with Crippen LogP contribution < -0.4 is 4.31 Å². The Morgan fingerprint density at radius 2 is 1.79 bits per heavy atom. The lowest BCUT2D eigenvalue weighted by Gasteiger charge is -2.26. The second-order valence-electron chi connectivity index (χ2n) is 6.31. The summed E-state index contributed by atoms with van der Waals surface area (Å²) in [5.41, 5.74) is 1.88. The maximum atomic E-state index is 13.4. The molecule has 0 amide bonds. The van der Waals surface area contributed by atoms with Crippen molar-refractivity contribution in [3.05, 3.63) is 63.2 Å². The van der Waals surface area contributed by atoms with Crippen molar-refractivity contribution in [1.82, 2.24) is 0 Å². The third kappa shape index (κ3) is 4.48. The van der Waals surface area contributed by atoms with Gasteiger partial charge in [0, 0.05) is 12.1 Å². The number of hydrogen-bond donors (Lipinski definition) is 0. The normalized spacial score (nSPS) is 11.1. The summed E-state index contributed by atoms with van der Waals surface area (Å²) in [6, 6.07) is 8.75. The van der Waals surface area contributed by atoms with E-state index in [1.165, 1.54) is 12.1 Å². The van der Waals surface area contributed by atoms with Gasteiger partial charge in [0.1, 0.15) is 6.54 Å². The molecule has 0 bridgehead atoms. The molecule has 0 atom stereocenters. The quantitative estimate of drug-likeness (QED) is 0.397. The SMILES string of the molecule is CCOC(=O)CN(c1ccc(C)cc1C)S(=O)(=O)c1cc([N+](=O)[O-])ccc1C. The van der Waals surface area contributed by atoms with Gasteiger partial charge in [0.05, 0.1) is 22.1 Å². The van der Waals surface area contributed by atoms with Crippen molar-refractivity contribution in [2.75, 3.05) is 17.5 Å². The number of aryl methyl sites for hydroxylation is 3. The van der Waals surface area contributed by atoms with Gasteiger partial charge in [0.25, 0.3) is 15.7 Å². The van der Waals surface area contributed by atoms with Gasteiger partial charge in [-0.05, 0) is 44.9 Å². The van der Waals surface area contributed by atoms with Crippen LogP contribution in [0.25, 0.3) is 0 Å². The van der Waals surface area contributed by atoms with E-state index in [2.05, 4.69) is 0 Å². The van der Waals surface area contributed by atoms with Gasteiger partial charge in [0.15, 0.2) is 0 Å². The Morgan fingerprint density at radius 1 is 1.11 bits per heavy atom. The van der Waals surface area contributed by atoms with Crippen LogP contribution in [-0.2, 0) is 19.6 Å². The molecule has 0 fully saturated rings. The van der Waals surface area contributed by atoms with Crippen LogP contribution in [0.1, 0.15) is 23.6 Å². The highest BCUT2D eigenvalue weighted by molar-refractivity contribution is 7.93. The Bertz CT molecular complexity index is 1020. The van der Waals surface area contributed by atoms with E-state index in [1.54, 1.807) is 39.0 Å². The van der Waals surface area contributed by atoms with Crippen LogP contribution >= 0.6 is 0 Å². The smallest absolute Gasteiger partial charge is 0.326 e. The van der Waals surface area contributed by atoms with Crippen molar-refractivity contribution >= 4 is 27.4 Å². The van der Waals surface area contributed by atoms with Crippen LogP contribution in [0, 0.1) is 30.9 Å². The van der Waals surface area contributed by atoms with Gasteiger partial charge in [-0.25, -0.2) is 8.42 Å². The molecule has 9 heteroatoms. The summed E-state index contributed by atoms with van der Waals surface area (Å²) in [5.74, 6) is -0.714. The number of esters is 1. The number of rotatable bonds is 7. The van der Waals surface area contributed by atoms with Gasteiger partial charge in [-0.15, -0.1) is 0 Å². The van der Waals surface area contributed by atoms with Crippen molar-refractivity contribution in [1.29, 1.82) is 0 Å². The summed E-state index contributed by atoms with van der Waals surface area (Å²) >= 11 is 0. The summed E-state index contributed by atoms with van der Waals surface area (Å²) in [6.45, 7) is 6.33. The topological polar surface area (TPSA) is 107 Å². The minimum absolute atomic E-state index is 0.107. The maximum Gasteiger partial charge on any atom is 0.326 e. The summed E-state index contributed by atoms with van der Waals surface area (Å²) in [5, 5.41) is 11.1. The number of non-ortho nitro benzene ring substituents is 1. The summed E-state index contributed by atoms with van der Waals surface area (Å²) in [6.07, 6.45) is 0. The summed E-state index contributed by atoms with van der Waals surface area (Å²) < 4.78 is 32.7. The molecule has 0 aliphatic rings. The minimum atomic E-state index is -4.26. The van der Waals surface area contributed by atoms with Gasteiger partial charge in [0.2, 0.25) is 0 Å². The highest BCUT2D eigenvalue weighted by Gasteiger charge is 2.31. The van der Waals surface area contributed by atoms with Crippen LogP contribution in [0.15, 0.2) is 41.3 Å². The average Bonchev–Trinajstić information content (AvgIpc) is 2.60. The number of nitrogens with zero attached hydrogens (tertiary/aromatic N) is 2. The number of nitro groups is 1. The number of carbonyl (C=O) groups excluding carboxylic acids is 1. The molecule has 0 spiro atoms. The second kappa shape index (κ2) is 8.39. The van der Waals surface area contributed by atoms with Gasteiger partial charge in [-0.3, -0.25) is 19.2 Å². The third-order valence-electron chi connectivity index (χ3n) is 4.15. The van der Waals surface area contributed by atoms with E-state index in [0.29, 0.717) is 16.8 Å². The molecule has 0 radical (unpaired) electrons. The molecule has 0 saturated heterocycles. The molecule has 2 rings (SSSR count). The van der Waals surface area contributed by atoms with E-state index in [1.807, 2.05) is 6.92 Å². The van der Waals surface area contributed by atoms with Crippen molar-refractivity contribution in [3.8, 4) is 0 Å². The molecule has 0 aliphatic carbocycles. The van der Waals surface area contributed by atoms with E-state index in [-0.39, 0.29) is 17.2 Å². The van der Waals surface area contributed by atoms with Gasteiger partial charge in [-0.2, -0.15) is 0 Å². The molecule has 8 nitrogen and oxygen atoms in total. The number of benzene rings is 2. The monoisotopic (exact) mass is 406 g/mol. The number of nitro benzene ring substituents is 1. The van der Waals surface area contributed by atoms with E-state index in [9.17, 15) is 23.3 Å². The lowest BCUT2D eigenvalue weighted by atomic mass is 10.1. The first-order valence-corrected chi connectivity index (χ1v) is 10.0. The Kier molecular flexibility index (Phi) is 6.40. The lowest BCUT2D eigenvalue weighted by molar-refractivity contribution is -0.385. The number of carbonyl (C=O) groups is 1. The molecular weight excluding hydrogens is 384 g/mol. The van der Waals surface area contributed by atoms with E-state index >= 15 is 0 Å². The first kappa shape index (κ1) is 21.4. The van der Waals surface area contributed by atoms with E-state index in [0.717, 1.165) is 15.9 Å². The second-order valence-corrected chi connectivity index (χ2v) is 8.14. The van der Waals surface area contributed by atoms with Crippen molar-refractivity contribution in [2.24, 2.45) is 0 Å². The highest BCUT2D eigenvalue weighted by atomic mass is 32.2. The van der Waals surface area contributed by atoms with Crippen molar-refractivity contribution in [2.45, 2.75) is 32.6 Å². The molecule has 0 unspecified atom stereocenters. The number of anilines is 1. The predicted molar refractivity (Wildman–Crippen MR) is 105 cm³/mol. The largest absolute Gasteiger partial charge is 0.465 e. The molecule has 0 saturated carbocycles. The molecule has 28 heavy (non-hydrogen) atoms. The van der Waals surface area contributed by atoms with E-state index in [4.69, 9.17) is 4.74 Å². The third-order valence-corrected chi connectivity index (χ3v) is 6.05. The Hall–Kier alpha value is -2.94. The van der Waals surface area contributed by atoms with Crippen LogP contribution in [0.4, 0.5) is 11.4 Å². The fraction of sp³-hybridized carbons (Fsp3) is 0.316. The van der Waals surface area contributed by atoms with Crippen LogP contribution in [0.5, 0.6) is 0 Å². The molecule has 2 aromatic carbocycles. The highest BCUT2D eigenvalue weighted by Crippen LogP contribution is 2.30. The summed E-state index contributed by atoms with van der Waals surface area (Å²) in [4.78, 5) is 22.3.